The zero-order valence-electron chi connectivity index (χ0n) is 8.06. The molecule has 2 rings (SSSR count). The number of tetrazole rings is 1. The molecular formula is C8H15N5. The van der Waals surface area contributed by atoms with Crippen LogP contribution in [-0.4, -0.2) is 26.8 Å². The SMILES string of the molecule is CC(C)n1nnc([C@H]2CCCN2)n1. The summed E-state index contributed by atoms with van der Waals surface area (Å²) in [6.45, 7) is 5.17. The largest absolute Gasteiger partial charge is 0.307 e. The highest BCUT2D eigenvalue weighted by Gasteiger charge is 2.20. The van der Waals surface area contributed by atoms with Gasteiger partial charge in [-0.3, -0.25) is 0 Å². The number of hydrogen-bond acceptors (Lipinski definition) is 4. The zero-order chi connectivity index (χ0) is 9.26. The maximum Gasteiger partial charge on any atom is 0.191 e. The Bertz CT molecular complexity index is 274. The Morgan fingerprint density at radius 2 is 2.38 bits per heavy atom. The molecule has 0 saturated carbocycles. The van der Waals surface area contributed by atoms with Crippen LogP contribution in [0.2, 0.25) is 0 Å². The summed E-state index contributed by atoms with van der Waals surface area (Å²) in [7, 11) is 0. The first kappa shape index (κ1) is 8.62. The van der Waals surface area contributed by atoms with Gasteiger partial charge in [-0.2, -0.15) is 4.80 Å². The Kier molecular flexibility index (Phi) is 2.26. The topological polar surface area (TPSA) is 55.6 Å². The molecular weight excluding hydrogens is 166 g/mol. The van der Waals surface area contributed by atoms with E-state index in [1.54, 1.807) is 4.80 Å². The summed E-state index contributed by atoms with van der Waals surface area (Å²) in [6.07, 6.45) is 2.34. The van der Waals surface area contributed by atoms with Crippen LogP contribution in [0.5, 0.6) is 0 Å². The second-order valence-corrected chi connectivity index (χ2v) is 3.71. The van der Waals surface area contributed by atoms with Crippen LogP contribution < -0.4 is 5.32 Å². The molecule has 0 aliphatic carbocycles. The fraction of sp³-hybridized carbons (Fsp3) is 0.875. The van der Waals surface area contributed by atoms with Crippen molar-refractivity contribution in [1.82, 2.24) is 25.5 Å². The van der Waals surface area contributed by atoms with Crippen molar-refractivity contribution in [3.05, 3.63) is 5.82 Å². The summed E-state index contributed by atoms with van der Waals surface area (Å²) < 4.78 is 0. The van der Waals surface area contributed by atoms with Crippen LogP contribution in [0.25, 0.3) is 0 Å². The van der Waals surface area contributed by atoms with Crippen molar-refractivity contribution in [3.63, 3.8) is 0 Å². The zero-order valence-corrected chi connectivity index (χ0v) is 8.06. The molecule has 0 unspecified atom stereocenters. The molecule has 2 heterocycles. The maximum absolute atomic E-state index is 4.32. The number of nitrogens with zero attached hydrogens (tertiary/aromatic N) is 4. The molecule has 0 spiro atoms. The Hall–Kier alpha value is -0.970. The first-order chi connectivity index (χ1) is 6.27. The second-order valence-electron chi connectivity index (χ2n) is 3.71. The lowest BCUT2D eigenvalue weighted by atomic mass is 10.2. The van der Waals surface area contributed by atoms with E-state index >= 15 is 0 Å². The molecule has 5 nitrogen and oxygen atoms in total. The van der Waals surface area contributed by atoms with Crippen molar-refractivity contribution in [3.8, 4) is 0 Å². The summed E-state index contributed by atoms with van der Waals surface area (Å²) in [4.78, 5) is 1.66. The molecule has 1 atom stereocenters. The smallest absolute Gasteiger partial charge is 0.191 e. The Balaban J connectivity index is 2.12. The van der Waals surface area contributed by atoms with Crippen LogP contribution >= 0.6 is 0 Å². The van der Waals surface area contributed by atoms with Crippen LogP contribution in [0, 0.1) is 0 Å². The molecule has 0 bridgehead atoms. The lowest BCUT2D eigenvalue weighted by molar-refractivity contribution is 0.450. The predicted octanol–water partition coefficient (Wildman–Crippen LogP) is 0.678. The summed E-state index contributed by atoms with van der Waals surface area (Å²) in [6, 6.07) is 0.621. The van der Waals surface area contributed by atoms with Gasteiger partial charge in [-0.05, 0) is 38.4 Å². The number of hydrogen-bond donors (Lipinski definition) is 1. The number of aromatic nitrogens is 4. The summed E-state index contributed by atoms with van der Waals surface area (Å²) in [5.41, 5.74) is 0. The van der Waals surface area contributed by atoms with Gasteiger partial charge in [0, 0.05) is 0 Å². The average molecular weight is 181 g/mol. The van der Waals surface area contributed by atoms with Gasteiger partial charge in [0.15, 0.2) is 5.82 Å². The summed E-state index contributed by atoms with van der Waals surface area (Å²) in [5, 5.41) is 15.7. The van der Waals surface area contributed by atoms with E-state index < -0.39 is 0 Å². The molecule has 0 aromatic carbocycles. The summed E-state index contributed by atoms with van der Waals surface area (Å²) >= 11 is 0. The first-order valence-corrected chi connectivity index (χ1v) is 4.80. The van der Waals surface area contributed by atoms with Crippen molar-refractivity contribution in [2.45, 2.75) is 38.8 Å². The van der Waals surface area contributed by atoms with Crippen molar-refractivity contribution in [2.24, 2.45) is 0 Å². The Labute approximate surface area is 77.5 Å². The minimum Gasteiger partial charge on any atom is -0.307 e. The quantitative estimate of drug-likeness (QED) is 0.729. The number of nitrogens with one attached hydrogen (secondary N) is 1. The molecule has 1 aliphatic heterocycles. The third-order valence-corrected chi connectivity index (χ3v) is 2.28. The van der Waals surface area contributed by atoms with Gasteiger partial charge in [0.25, 0.3) is 0 Å². The summed E-state index contributed by atoms with van der Waals surface area (Å²) in [5.74, 6) is 0.839. The standard InChI is InChI=1S/C8H15N5/c1-6(2)13-11-8(10-12-13)7-4-3-5-9-7/h6-7,9H,3-5H2,1-2H3/t7-/m1/s1. The molecule has 0 radical (unpaired) electrons. The van der Waals surface area contributed by atoms with Gasteiger partial charge < -0.3 is 5.32 Å². The van der Waals surface area contributed by atoms with E-state index in [0.29, 0.717) is 12.1 Å². The van der Waals surface area contributed by atoms with Gasteiger partial charge in [-0.1, -0.05) is 0 Å². The van der Waals surface area contributed by atoms with E-state index in [1.807, 2.05) is 13.8 Å². The van der Waals surface area contributed by atoms with E-state index in [4.69, 9.17) is 0 Å². The van der Waals surface area contributed by atoms with Gasteiger partial charge >= 0.3 is 0 Å². The van der Waals surface area contributed by atoms with Crippen molar-refractivity contribution < 1.29 is 0 Å². The van der Waals surface area contributed by atoms with Crippen molar-refractivity contribution >= 4 is 0 Å². The Morgan fingerprint density at radius 3 is 2.92 bits per heavy atom. The van der Waals surface area contributed by atoms with Gasteiger partial charge in [0.1, 0.15) is 0 Å². The predicted molar refractivity (Wildman–Crippen MR) is 48.2 cm³/mol. The molecule has 1 aliphatic rings. The minimum absolute atomic E-state index is 0.294. The highest BCUT2D eigenvalue weighted by atomic mass is 15.6. The monoisotopic (exact) mass is 181 g/mol. The first-order valence-electron chi connectivity index (χ1n) is 4.80. The van der Waals surface area contributed by atoms with E-state index in [9.17, 15) is 0 Å². The maximum atomic E-state index is 4.32. The second kappa shape index (κ2) is 3.41. The molecule has 72 valence electrons. The molecule has 1 fully saturated rings. The molecule has 1 saturated heterocycles. The van der Waals surface area contributed by atoms with Crippen LogP contribution in [0.1, 0.15) is 44.6 Å². The molecule has 1 aromatic rings. The normalized spacial score (nSPS) is 22.8. The lowest BCUT2D eigenvalue weighted by Gasteiger charge is -2.03. The van der Waals surface area contributed by atoms with Gasteiger partial charge in [-0.25, -0.2) is 0 Å². The molecule has 5 heteroatoms. The highest BCUT2D eigenvalue weighted by Crippen LogP contribution is 2.18. The third kappa shape index (κ3) is 1.70. The van der Waals surface area contributed by atoms with Crippen LogP contribution in [0.3, 0.4) is 0 Å². The molecule has 0 amide bonds. The van der Waals surface area contributed by atoms with Crippen LogP contribution in [0.4, 0.5) is 0 Å². The van der Waals surface area contributed by atoms with Crippen LogP contribution in [0.15, 0.2) is 0 Å². The third-order valence-electron chi connectivity index (χ3n) is 2.28. The fourth-order valence-corrected chi connectivity index (χ4v) is 1.50. The van der Waals surface area contributed by atoms with Crippen molar-refractivity contribution in [1.29, 1.82) is 0 Å². The van der Waals surface area contributed by atoms with Crippen LogP contribution in [-0.2, 0) is 0 Å². The fourth-order valence-electron chi connectivity index (χ4n) is 1.50. The molecule has 1 aromatic heterocycles. The number of rotatable bonds is 2. The van der Waals surface area contributed by atoms with E-state index in [2.05, 4.69) is 20.7 Å². The van der Waals surface area contributed by atoms with E-state index in [0.717, 1.165) is 18.8 Å². The lowest BCUT2D eigenvalue weighted by Crippen LogP contribution is -2.15. The van der Waals surface area contributed by atoms with E-state index in [-0.39, 0.29) is 0 Å². The Morgan fingerprint density at radius 1 is 1.54 bits per heavy atom. The van der Waals surface area contributed by atoms with Crippen molar-refractivity contribution in [2.75, 3.05) is 6.54 Å². The van der Waals surface area contributed by atoms with Gasteiger partial charge in [0.2, 0.25) is 0 Å². The average Bonchev–Trinajstić information content (AvgIpc) is 2.75. The van der Waals surface area contributed by atoms with E-state index in [1.165, 1.54) is 6.42 Å². The molecule has 13 heavy (non-hydrogen) atoms. The highest BCUT2D eigenvalue weighted by molar-refractivity contribution is 4.92. The van der Waals surface area contributed by atoms with Gasteiger partial charge in [0.05, 0.1) is 12.1 Å². The van der Waals surface area contributed by atoms with Gasteiger partial charge in [-0.15, -0.1) is 10.2 Å². The minimum atomic E-state index is 0.294. The molecule has 1 N–H and O–H groups in total.